The molecule has 0 aliphatic heterocycles. The lowest BCUT2D eigenvalue weighted by atomic mass is 9.88. The van der Waals surface area contributed by atoms with Crippen molar-refractivity contribution in [2.75, 3.05) is 6.54 Å². The van der Waals surface area contributed by atoms with E-state index in [1.165, 1.54) is 0 Å². The third kappa shape index (κ3) is 2.28. The maximum atomic E-state index is 5.62. The van der Waals surface area contributed by atoms with Gasteiger partial charge in [0.05, 0.1) is 0 Å². The van der Waals surface area contributed by atoms with Gasteiger partial charge in [0.1, 0.15) is 0 Å². The lowest BCUT2D eigenvalue weighted by Gasteiger charge is -2.25. The molecule has 0 unspecified atom stereocenters. The van der Waals surface area contributed by atoms with Crippen LogP contribution in [0.5, 0.6) is 0 Å². The van der Waals surface area contributed by atoms with Crippen molar-refractivity contribution in [1.29, 1.82) is 0 Å². The molecule has 0 aliphatic carbocycles. The smallest absolute Gasteiger partial charge is 0.0212 e. The van der Waals surface area contributed by atoms with Crippen molar-refractivity contribution in [2.24, 2.45) is 16.9 Å². The highest BCUT2D eigenvalue weighted by Gasteiger charge is 2.17. The molecule has 0 radical (unpaired) electrons. The molecule has 0 fully saturated rings. The topological polar surface area (TPSA) is 52.0 Å². The standard InChI is InChI=1S/C6H16N2/c1-6(2,3)5(8)4-7/h5H,4,7-8H2,1-3H3/t5-/m1/s1. The third-order valence-electron chi connectivity index (χ3n) is 1.37. The van der Waals surface area contributed by atoms with E-state index in [0.717, 1.165) is 0 Å². The molecule has 0 amide bonds. The van der Waals surface area contributed by atoms with Crippen LogP contribution in [0.4, 0.5) is 0 Å². The van der Waals surface area contributed by atoms with Crippen molar-refractivity contribution < 1.29 is 0 Å². The Morgan fingerprint density at radius 1 is 1.38 bits per heavy atom. The fourth-order valence-electron chi connectivity index (χ4n) is 0.354. The van der Waals surface area contributed by atoms with Crippen LogP contribution in [0, 0.1) is 5.41 Å². The van der Waals surface area contributed by atoms with Crippen LogP contribution in [0.25, 0.3) is 0 Å². The Morgan fingerprint density at radius 2 is 1.75 bits per heavy atom. The van der Waals surface area contributed by atoms with Gasteiger partial charge in [-0.2, -0.15) is 0 Å². The van der Waals surface area contributed by atoms with Gasteiger partial charge in [0.25, 0.3) is 0 Å². The highest BCUT2D eigenvalue weighted by atomic mass is 14.7. The Bertz CT molecular complexity index is 63.4. The number of nitrogens with two attached hydrogens (primary N) is 2. The summed E-state index contributed by atoms with van der Waals surface area (Å²) < 4.78 is 0. The average molecular weight is 116 g/mol. The van der Waals surface area contributed by atoms with Crippen molar-refractivity contribution in [3.63, 3.8) is 0 Å². The zero-order valence-corrected chi connectivity index (χ0v) is 5.94. The first kappa shape index (κ1) is 7.92. The normalized spacial score (nSPS) is 16.1. The zero-order chi connectivity index (χ0) is 6.78. The van der Waals surface area contributed by atoms with Crippen molar-refractivity contribution >= 4 is 0 Å². The largest absolute Gasteiger partial charge is 0.329 e. The van der Waals surface area contributed by atoms with Crippen LogP contribution >= 0.6 is 0 Å². The second kappa shape index (κ2) is 2.46. The van der Waals surface area contributed by atoms with Crippen LogP contribution in [-0.2, 0) is 0 Å². The molecule has 0 heterocycles. The first-order valence-electron chi connectivity index (χ1n) is 2.94. The van der Waals surface area contributed by atoms with Gasteiger partial charge in [-0.1, -0.05) is 20.8 Å². The summed E-state index contributed by atoms with van der Waals surface area (Å²) in [5.74, 6) is 0. The van der Waals surface area contributed by atoms with Crippen LogP contribution in [-0.4, -0.2) is 12.6 Å². The van der Waals surface area contributed by atoms with Gasteiger partial charge in [-0.05, 0) is 5.41 Å². The van der Waals surface area contributed by atoms with Gasteiger partial charge < -0.3 is 11.5 Å². The molecule has 2 nitrogen and oxygen atoms in total. The van der Waals surface area contributed by atoms with Gasteiger partial charge in [0, 0.05) is 12.6 Å². The Kier molecular flexibility index (Phi) is 2.44. The molecule has 0 aliphatic rings. The fraction of sp³-hybridized carbons (Fsp3) is 1.00. The predicted molar refractivity (Wildman–Crippen MR) is 36.5 cm³/mol. The lowest BCUT2D eigenvalue weighted by Crippen LogP contribution is -2.41. The number of hydrogen-bond donors (Lipinski definition) is 2. The summed E-state index contributed by atoms with van der Waals surface area (Å²) in [6.45, 7) is 6.84. The van der Waals surface area contributed by atoms with Gasteiger partial charge in [-0.3, -0.25) is 0 Å². The van der Waals surface area contributed by atoms with E-state index in [1.807, 2.05) is 0 Å². The quantitative estimate of drug-likeness (QED) is 0.518. The Hall–Kier alpha value is -0.0800. The summed E-state index contributed by atoms with van der Waals surface area (Å²) in [6, 6.07) is 0.127. The van der Waals surface area contributed by atoms with Crippen molar-refractivity contribution in [3.05, 3.63) is 0 Å². The van der Waals surface area contributed by atoms with E-state index in [2.05, 4.69) is 20.8 Å². The van der Waals surface area contributed by atoms with Crippen LogP contribution in [0.1, 0.15) is 20.8 Å². The molecule has 0 aromatic carbocycles. The molecule has 50 valence electrons. The van der Waals surface area contributed by atoms with Crippen LogP contribution in [0.15, 0.2) is 0 Å². The molecule has 2 heteroatoms. The molecule has 0 saturated carbocycles. The maximum absolute atomic E-state index is 5.62. The molecular weight excluding hydrogens is 100 g/mol. The Labute approximate surface area is 51.2 Å². The van der Waals surface area contributed by atoms with Gasteiger partial charge in [-0.25, -0.2) is 0 Å². The van der Waals surface area contributed by atoms with E-state index in [0.29, 0.717) is 6.54 Å². The lowest BCUT2D eigenvalue weighted by molar-refractivity contribution is 0.326. The van der Waals surface area contributed by atoms with Gasteiger partial charge >= 0.3 is 0 Å². The summed E-state index contributed by atoms with van der Waals surface area (Å²) >= 11 is 0. The molecule has 0 spiro atoms. The first-order valence-corrected chi connectivity index (χ1v) is 2.94. The second-order valence-corrected chi connectivity index (χ2v) is 3.21. The minimum absolute atomic E-state index is 0.127. The maximum Gasteiger partial charge on any atom is 0.0212 e. The Balaban J connectivity index is 3.62. The molecule has 0 bridgehead atoms. The molecule has 1 atom stereocenters. The molecule has 8 heavy (non-hydrogen) atoms. The summed E-state index contributed by atoms with van der Waals surface area (Å²) in [4.78, 5) is 0. The van der Waals surface area contributed by atoms with Gasteiger partial charge in [0.15, 0.2) is 0 Å². The number of rotatable bonds is 1. The van der Waals surface area contributed by atoms with E-state index < -0.39 is 0 Å². The van der Waals surface area contributed by atoms with E-state index in [1.54, 1.807) is 0 Å². The SMILES string of the molecule is CC(C)(C)[C@H](N)CN. The van der Waals surface area contributed by atoms with Crippen LogP contribution < -0.4 is 11.5 Å². The second-order valence-electron chi connectivity index (χ2n) is 3.21. The van der Waals surface area contributed by atoms with Gasteiger partial charge in [-0.15, -0.1) is 0 Å². The van der Waals surface area contributed by atoms with Crippen molar-refractivity contribution in [2.45, 2.75) is 26.8 Å². The van der Waals surface area contributed by atoms with Crippen LogP contribution in [0.3, 0.4) is 0 Å². The first-order chi connectivity index (χ1) is 3.48. The summed E-state index contributed by atoms with van der Waals surface area (Å²) in [6.07, 6.45) is 0. The molecule has 4 N–H and O–H groups in total. The minimum Gasteiger partial charge on any atom is -0.329 e. The van der Waals surface area contributed by atoms with Crippen molar-refractivity contribution in [3.8, 4) is 0 Å². The summed E-state index contributed by atoms with van der Waals surface area (Å²) in [5.41, 5.74) is 11.1. The van der Waals surface area contributed by atoms with E-state index >= 15 is 0 Å². The third-order valence-corrected chi connectivity index (χ3v) is 1.37. The predicted octanol–water partition coefficient (Wildman–Crippen LogP) is 0.319. The minimum atomic E-state index is 0.127. The number of hydrogen-bond acceptors (Lipinski definition) is 2. The monoisotopic (exact) mass is 116 g/mol. The highest BCUT2D eigenvalue weighted by Crippen LogP contribution is 2.15. The molecule has 0 aromatic rings. The average Bonchev–Trinajstić information content (AvgIpc) is 1.62. The Morgan fingerprint density at radius 3 is 1.75 bits per heavy atom. The summed E-state index contributed by atoms with van der Waals surface area (Å²) in [7, 11) is 0. The molecular formula is C6H16N2. The molecule has 0 rings (SSSR count). The van der Waals surface area contributed by atoms with E-state index in [4.69, 9.17) is 11.5 Å². The van der Waals surface area contributed by atoms with E-state index in [-0.39, 0.29) is 11.5 Å². The molecule has 0 saturated heterocycles. The van der Waals surface area contributed by atoms with E-state index in [9.17, 15) is 0 Å². The molecule has 0 aromatic heterocycles. The zero-order valence-electron chi connectivity index (χ0n) is 5.94. The highest BCUT2D eigenvalue weighted by molar-refractivity contribution is 4.76. The van der Waals surface area contributed by atoms with Crippen LogP contribution in [0.2, 0.25) is 0 Å². The summed E-state index contributed by atoms with van der Waals surface area (Å²) in [5, 5.41) is 0. The van der Waals surface area contributed by atoms with Crippen molar-refractivity contribution in [1.82, 2.24) is 0 Å². The van der Waals surface area contributed by atoms with Gasteiger partial charge in [0.2, 0.25) is 0 Å². The fourth-order valence-corrected chi connectivity index (χ4v) is 0.354.